The second kappa shape index (κ2) is 15.3. The summed E-state index contributed by atoms with van der Waals surface area (Å²) in [6, 6.07) is 15.7. The maximum atomic E-state index is 11.1. The van der Waals surface area contributed by atoms with Crippen LogP contribution in [0.2, 0.25) is 0 Å². The maximum Gasteiger partial charge on any atom is 0.328 e. The van der Waals surface area contributed by atoms with Gasteiger partial charge in [-0.1, -0.05) is 48.5 Å². The van der Waals surface area contributed by atoms with E-state index in [1.165, 1.54) is 19.7 Å². The molecule has 0 unspecified atom stereocenters. The Morgan fingerprint density at radius 2 is 0.947 bits per heavy atom. The molecule has 0 atom stereocenters. The summed E-state index contributed by atoms with van der Waals surface area (Å²) in [6.45, 7) is 1.76. The minimum Gasteiger partial charge on any atom is -0.478 e. The number of benzene rings is 2. The zero-order valence-electron chi connectivity index (χ0n) is 20.2. The van der Waals surface area contributed by atoms with E-state index in [4.69, 9.17) is 20.5 Å². The molecular formula is C22H32N4O10S2. The number of hydrogen-bond acceptors (Lipinski definition) is 6. The van der Waals surface area contributed by atoms with Gasteiger partial charge >= 0.3 is 11.9 Å². The molecule has 0 saturated heterocycles. The summed E-state index contributed by atoms with van der Waals surface area (Å²) >= 11 is 0. The smallest absolute Gasteiger partial charge is 0.328 e. The summed E-state index contributed by atoms with van der Waals surface area (Å²) < 4.78 is 47.0. The van der Waals surface area contributed by atoms with Crippen LogP contribution in [0.4, 0.5) is 0 Å². The molecule has 16 heteroatoms. The monoisotopic (exact) mass is 576 g/mol. The Balaban J connectivity index is 0.000000549. The van der Waals surface area contributed by atoms with E-state index >= 15 is 0 Å². The highest BCUT2D eigenvalue weighted by molar-refractivity contribution is 7.87. The molecule has 0 amide bonds. The molecule has 0 aromatic heterocycles. The number of carboxylic acids is 2. The summed E-state index contributed by atoms with van der Waals surface area (Å²) in [6.07, 6.45) is 2.60. The minimum atomic E-state index is -3.54. The van der Waals surface area contributed by atoms with Crippen molar-refractivity contribution in [1.82, 2.24) is 8.61 Å². The summed E-state index contributed by atoms with van der Waals surface area (Å²) in [5, 5.41) is 25.8. The van der Waals surface area contributed by atoms with Crippen LogP contribution in [-0.2, 0) is 55.9 Å². The largest absolute Gasteiger partial charge is 0.478 e. The van der Waals surface area contributed by atoms with Crippen molar-refractivity contribution in [3.63, 3.8) is 0 Å². The molecule has 2 aliphatic rings. The van der Waals surface area contributed by atoms with Crippen LogP contribution in [0.1, 0.15) is 22.3 Å². The van der Waals surface area contributed by atoms with E-state index in [1.54, 1.807) is 0 Å². The van der Waals surface area contributed by atoms with E-state index < -0.39 is 32.4 Å². The Kier molecular flexibility index (Phi) is 14.0. The molecule has 2 aliphatic heterocycles. The molecule has 2 aromatic rings. The Bertz CT molecular complexity index is 1230. The number of carbonyl (C=O) groups is 2. The second-order valence-corrected chi connectivity index (χ2v) is 10.9. The first-order chi connectivity index (χ1) is 16.8. The van der Waals surface area contributed by atoms with E-state index in [2.05, 4.69) is 0 Å². The van der Waals surface area contributed by atoms with Crippen molar-refractivity contribution >= 4 is 32.4 Å². The van der Waals surface area contributed by atoms with Gasteiger partial charge in [0.1, 0.15) is 0 Å². The topological polar surface area (TPSA) is 264 Å². The lowest BCUT2D eigenvalue weighted by molar-refractivity contribution is -0.134. The van der Waals surface area contributed by atoms with Gasteiger partial charge in [-0.2, -0.15) is 25.4 Å². The number of carboxylic acid groups (broad SMARTS) is 2. The molecule has 4 rings (SSSR count). The van der Waals surface area contributed by atoms with E-state index in [-0.39, 0.29) is 11.0 Å². The van der Waals surface area contributed by atoms with Crippen molar-refractivity contribution in [2.45, 2.75) is 25.9 Å². The highest BCUT2D eigenvalue weighted by Crippen LogP contribution is 2.20. The molecule has 0 fully saturated rings. The van der Waals surface area contributed by atoms with Gasteiger partial charge in [0, 0.05) is 38.3 Å². The summed E-state index contributed by atoms with van der Waals surface area (Å²) in [5.74, 6) is -2.51. The van der Waals surface area contributed by atoms with Crippen molar-refractivity contribution in [1.29, 1.82) is 0 Å². The average molecular weight is 577 g/mol. The summed E-state index contributed by atoms with van der Waals surface area (Å²) in [7, 11) is -7.07. The van der Waals surface area contributed by atoms with Crippen LogP contribution in [0.25, 0.3) is 0 Å². The zero-order chi connectivity index (χ0) is 26.9. The van der Waals surface area contributed by atoms with Gasteiger partial charge in [0.15, 0.2) is 0 Å². The van der Waals surface area contributed by atoms with Gasteiger partial charge in [-0.15, -0.1) is 0 Å². The molecule has 0 radical (unpaired) electrons. The number of rotatable bonds is 4. The van der Waals surface area contributed by atoms with Crippen molar-refractivity contribution in [3.8, 4) is 0 Å². The lowest BCUT2D eigenvalue weighted by Gasteiger charge is -2.25. The maximum absolute atomic E-state index is 11.1. The first-order valence-electron chi connectivity index (χ1n) is 10.6. The number of nitrogens with two attached hydrogens (primary N) is 2. The standard InChI is InChI=1S/2C9H12N2O2S.C4H4O4.2H2O/c2*10-14(12,13)11-6-5-8-3-1-2-4-9(8)7-11;5-3(6)1-2-4(7)8;;/h2*1-4H,5-7H2,(H2,10,12,13);1-2H,(H,5,6)(H,7,8);2*1H2. The third-order valence-electron chi connectivity index (χ3n) is 5.28. The molecule has 212 valence electrons. The van der Waals surface area contributed by atoms with Crippen molar-refractivity contribution in [3.05, 3.63) is 82.9 Å². The van der Waals surface area contributed by atoms with Crippen LogP contribution in [0, 0.1) is 0 Å². The predicted molar refractivity (Wildman–Crippen MR) is 139 cm³/mol. The quantitative estimate of drug-likeness (QED) is 0.312. The molecule has 14 nitrogen and oxygen atoms in total. The van der Waals surface area contributed by atoms with E-state index in [0.717, 1.165) is 24.0 Å². The predicted octanol–water partition coefficient (Wildman–Crippen LogP) is -1.44. The van der Waals surface area contributed by atoms with Crippen LogP contribution in [0.5, 0.6) is 0 Å². The summed E-state index contributed by atoms with van der Waals surface area (Å²) in [5.41, 5.74) is 4.53. The van der Waals surface area contributed by atoms with E-state index in [1.807, 2.05) is 48.5 Å². The Labute approximate surface area is 220 Å². The molecule has 0 spiro atoms. The van der Waals surface area contributed by atoms with Gasteiger partial charge in [-0.25, -0.2) is 19.9 Å². The third-order valence-corrected chi connectivity index (χ3v) is 7.34. The van der Waals surface area contributed by atoms with Gasteiger partial charge < -0.3 is 21.2 Å². The summed E-state index contributed by atoms with van der Waals surface area (Å²) in [4.78, 5) is 19.1. The highest BCUT2D eigenvalue weighted by Gasteiger charge is 2.23. The molecule has 2 aromatic carbocycles. The molecule has 10 N–H and O–H groups in total. The highest BCUT2D eigenvalue weighted by atomic mass is 32.2. The van der Waals surface area contributed by atoms with Crippen LogP contribution in [0.3, 0.4) is 0 Å². The fraction of sp³-hybridized carbons (Fsp3) is 0.273. The van der Waals surface area contributed by atoms with Crippen molar-refractivity contribution in [2.75, 3.05) is 13.1 Å². The molecule has 0 aliphatic carbocycles. The Morgan fingerprint density at radius 3 is 1.21 bits per heavy atom. The Morgan fingerprint density at radius 1 is 0.658 bits per heavy atom. The lowest BCUT2D eigenvalue weighted by Crippen LogP contribution is -2.40. The molecular weight excluding hydrogens is 544 g/mol. The van der Waals surface area contributed by atoms with Gasteiger partial charge in [0.25, 0.3) is 20.4 Å². The fourth-order valence-electron chi connectivity index (χ4n) is 3.52. The van der Waals surface area contributed by atoms with Gasteiger partial charge in [-0.3, -0.25) is 0 Å². The average Bonchev–Trinajstić information content (AvgIpc) is 2.82. The van der Waals surface area contributed by atoms with Gasteiger partial charge in [-0.05, 0) is 35.1 Å². The number of aliphatic carboxylic acids is 2. The van der Waals surface area contributed by atoms with E-state index in [9.17, 15) is 26.4 Å². The van der Waals surface area contributed by atoms with Crippen LogP contribution < -0.4 is 10.3 Å². The van der Waals surface area contributed by atoms with Gasteiger partial charge in [0.2, 0.25) is 0 Å². The van der Waals surface area contributed by atoms with E-state index in [0.29, 0.717) is 38.3 Å². The van der Waals surface area contributed by atoms with Crippen LogP contribution in [-0.4, -0.2) is 71.6 Å². The third kappa shape index (κ3) is 11.4. The number of nitrogens with zero attached hydrogens (tertiary/aromatic N) is 2. The second-order valence-electron chi connectivity index (χ2n) is 7.80. The molecule has 38 heavy (non-hydrogen) atoms. The van der Waals surface area contributed by atoms with Crippen LogP contribution in [0.15, 0.2) is 60.7 Å². The normalized spacial score (nSPS) is 15.1. The molecule has 0 bridgehead atoms. The number of hydrogen-bond donors (Lipinski definition) is 4. The minimum absolute atomic E-state index is 0. The molecule has 0 saturated carbocycles. The van der Waals surface area contributed by atoms with Crippen LogP contribution >= 0.6 is 0 Å². The van der Waals surface area contributed by atoms with Crippen molar-refractivity contribution < 1.29 is 47.6 Å². The SMILES string of the molecule is NS(=O)(=O)N1CCc2ccccc2C1.NS(=O)(=O)N1CCc2ccccc2C1.O.O.O=C(O)C=CC(=O)O. The first kappa shape index (κ1) is 34.8. The Hall–Kier alpha value is -3.22. The van der Waals surface area contributed by atoms with Crippen molar-refractivity contribution in [2.24, 2.45) is 10.3 Å². The molecule has 2 heterocycles. The fourth-order valence-corrected chi connectivity index (χ4v) is 4.85. The zero-order valence-corrected chi connectivity index (χ0v) is 21.9. The number of fused-ring (bicyclic) bond motifs is 2. The van der Waals surface area contributed by atoms with Gasteiger partial charge in [0.05, 0.1) is 0 Å². The first-order valence-corrected chi connectivity index (χ1v) is 13.6. The lowest BCUT2D eigenvalue weighted by atomic mass is 10.0.